The van der Waals surface area contributed by atoms with E-state index in [2.05, 4.69) is 15.3 Å². The molecular formula is C10H17N5O2. The number of nitrogen functional groups attached to an aromatic ring is 1. The van der Waals surface area contributed by atoms with Crippen molar-refractivity contribution in [1.82, 2.24) is 9.97 Å². The molecule has 0 saturated heterocycles. The van der Waals surface area contributed by atoms with Gasteiger partial charge in [0.05, 0.1) is 6.61 Å². The van der Waals surface area contributed by atoms with Crippen molar-refractivity contribution < 1.29 is 9.53 Å². The second kappa shape index (κ2) is 5.88. The Morgan fingerprint density at radius 1 is 1.59 bits per heavy atom. The predicted octanol–water partition coefficient (Wildman–Crippen LogP) is 0.133. The molecule has 0 bridgehead atoms. The molecule has 0 aliphatic rings. The van der Waals surface area contributed by atoms with Crippen molar-refractivity contribution in [2.75, 3.05) is 17.7 Å². The van der Waals surface area contributed by atoms with Crippen LogP contribution in [0.25, 0.3) is 0 Å². The maximum Gasteiger partial charge on any atom is 0.242 e. The molecule has 0 fully saturated rings. The highest BCUT2D eigenvalue weighted by Gasteiger charge is 2.12. The van der Waals surface area contributed by atoms with E-state index in [0.29, 0.717) is 24.0 Å². The van der Waals surface area contributed by atoms with E-state index in [0.717, 1.165) is 0 Å². The Bertz CT molecular complexity index is 396. The van der Waals surface area contributed by atoms with Crippen LogP contribution in [-0.2, 0) is 4.79 Å². The molecule has 7 nitrogen and oxygen atoms in total. The molecule has 7 heteroatoms. The van der Waals surface area contributed by atoms with E-state index in [1.165, 1.54) is 6.33 Å². The normalized spacial score (nSPS) is 11.9. The standard InChI is InChI=1S/C10H17N5O2/c1-3-17-10-8(12)9(13-5-14-10)15-6(2)4-7(11)16/h5-6H,3-4,12H2,1-2H3,(H2,11,16)(H,13,14,15). The van der Waals surface area contributed by atoms with Gasteiger partial charge in [0, 0.05) is 12.5 Å². The summed E-state index contributed by atoms with van der Waals surface area (Å²) in [6.45, 7) is 4.12. The van der Waals surface area contributed by atoms with Gasteiger partial charge in [-0.1, -0.05) is 0 Å². The molecular weight excluding hydrogens is 222 g/mol. The van der Waals surface area contributed by atoms with Crippen LogP contribution < -0.4 is 21.5 Å². The smallest absolute Gasteiger partial charge is 0.242 e. The molecule has 1 aromatic rings. The number of nitrogens with two attached hydrogens (primary N) is 2. The van der Waals surface area contributed by atoms with Crippen molar-refractivity contribution in [1.29, 1.82) is 0 Å². The van der Waals surface area contributed by atoms with E-state index >= 15 is 0 Å². The molecule has 1 unspecified atom stereocenters. The number of rotatable bonds is 6. The highest BCUT2D eigenvalue weighted by molar-refractivity contribution is 5.75. The number of hydrogen-bond donors (Lipinski definition) is 3. The van der Waals surface area contributed by atoms with Crippen molar-refractivity contribution in [2.24, 2.45) is 5.73 Å². The maximum absolute atomic E-state index is 10.7. The summed E-state index contributed by atoms with van der Waals surface area (Å²) in [5.41, 5.74) is 11.2. The molecule has 1 rings (SSSR count). The summed E-state index contributed by atoms with van der Waals surface area (Å²) in [5, 5.41) is 2.98. The third-order valence-electron chi connectivity index (χ3n) is 2.02. The molecule has 1 aromatic heterocycles. The van der Waals surface area contributed by atoms with Crippen LogP contribution in [0.15, 0.2) is 6.33 Å². The molecule has 1 amide bonds. The Morgan fingerprint density at radius 2 is 2.29 bits per heavy atom. The van der Waals surface area contributed by atoms with Gasteiger partial charge in [-0.15, -0.1) is 0 Å². The molecule has 1 atom stereocenters. The summed E-state index contributed by atoms with van der Waals surface area (Å²) < 4.78 is 5.23. The molecule has 1 heterocycles. The van der Waals surface area contributed by atoms with Crippen LogP contribution in [0.1, 0.15) is 20.3 Å². The monoisotopic (exact) mass is 239 g/mol. The van der Waals surface area contributed by atoms with Gasteiger partial charge in [-0.05, 0) is 13.8 Å². The van der Waals surface area contributed by atoms with Gasteiger partial charge in [-0.25, -0.2) is 4.98 Å². The lowest BCUT2D eigenvalue weighted by Crippen LogP contribution is -2.25. The Kier molecular flexibility index (Phi) is 4.50. The van der Waals surface area contributed by atoms with Crippen LogP contribution in [0, 0.1) is 0 Å². The van der Waals surface area contributed by atoms with Gasteiger partial charge in [0.25, 0.3) is 0 Å². The number of hydrogen-bond acceptors (Lipinski definition) is 6. The van der Waals surface area contributed by atoms with Crippen LogP contribution in [0.5, 0.6) is 5.88 Å². The number of nitrogens with one attached hydrogen (secondary N) is 1. The van der Waals surface area contributed by atoms with Crippen molar-refractivity contribution in [3.8, 4) is 5.88 Å². The van der Waals surface area contributed by atoms with Crippen molar-refractivity contribution >= 4 is 17.4 Å². The Hall–Kier alpha value is -2.05. The first-order chi connectivity index (χ1) is 8.04. The molecule has 0 aliphatic heterocycles. The minimum atomic E-state index is -0.386. The van der Waals surface area contributed by atoms with Crippen molar-refractivity contribution in [3.05, 3.63) is 6.33 Å². The van der Waals surface area contributed by atoms with E-state index in [4.69, 9.17) is 16.2 Å². The van der Waals surface area contributed by atoms with E-state index in [1.807, 2.05) is 13.8 Å². The number of nitrogens with zero attached hydrogens (tertiary/aromatic N) is 2. The summed E-state index contributed by atoms with van der Waals surface area (Å²) in [5.74, 6) is 0.385. The molecule has 94 valence electrons. The van der Waals surface area contributed by atoms with Crippen LogP contribution >= 0.6 is 0 Å². The third-order valence-corrected chi connectivity index (χ3v) is 2.02. The fourth-order valence-corrected chi connectivity index (χ4v) is 1.33. The molecule has 0 aliphatic carbocycles. The summed E-state index contributed by atoms with van der Waals surface area (Å²) in [6.07, 6.45) is 1.55. The van der Waals surface area contributed by atoms with E-state index in [9.17, 15) is 4.79 Å². The highest BCUT2D eigenvalue weighted by Crippen LogP contribution is 2.25. The van der Waals surface area contributed by atoms with Crippen LogP contribution in [0.4, 0.5) is 11.5 Å². The lowest BCUT2D eigenvalue weighted by molar-refractivity contribution is -0.118. The number of aromatic nitrogens is 2. The van der Waals surface area contributed by atoms with Crippen LogP contribution in [-0.4, -0.2) is 28.5 Å². The summed E-state index contributed by atoms with van der Waals surface area (Å²) in [6, 6.07) is -0.154. The molecule has 0 spiro atoms. The van der Waals surface area contributed by atoms with E-state index in [-0.39, 0.29) is 18.4 Å². The van der Waals surface area contributed by atoms with Crippen LogP contribution in [0.3, 0.4) is 0 Å². The SMILES string of the molecule is CCOc1ncnc(NC(C)CC(N)=O)c1N. The van der Waals surface area contributed by atoms with E-state index < -0.39 is 0 Å². The second-order valence-corrected chi connectivity index (χ2v) is 3.59. The zero-order chi connectivity index (χ0) is 12.8. The number of primary amides is 1. The van der Waals surface area contributed by atoms with Crippen molar-refractivity contribution in [3.63, 3.8) is 0 Å². The first-order valence-electron chi connectivity index (χ1n) is 5.32. The first kappa shape index (κ1) is 13.0. The predicted molar refractivity (Wildman–Crippen MR) is 64.5 cm³/mol. The fourth-order valence-electron chi connectivity index (χ4n) is 1.33. The Labute approximate surface area is 99.6 Å². The molecule has 0 radical (unpaired) electrons. The van der Waals surface area contributed by atoms with Gasteiger partial charge in [0.1, 0.15) is 12.0 Å². The quantitative estimate of drug-likeness (QED) is 0.650. The lowest BCUT2D eigenvalue weighted by atomic mass is 10.2. The molecule has 5 N–H and O–H groups in total. The van der Waals surface area contributed by atoms with Gasteiger partial charge in [0.15, 0.2) is 5.82 Å². The van der Waals surface area contributed by atoms with Crippen LogP contribution in [0.2, 0.25) is 0 Å². The summed E-state index contributed by atoms with van der Waals surface area (Å²) >= 11 is 0. The number of amides is 1. The van der Waals surface area contributed by atoms with E-state index in [1.54, 1.807) is 0 Å². The average Bonchev–Trinajstić information content (AvgIpc) is 2.23. The van der Waals surface area contributed by atoms with Gasteiger partial charge in [0.2, 0.25) is 11.8 Å². The maximum atomic E-state index is 10.7. The zero-order valence-electron chi connectivity index (χ0n) is 9.93. The van der Waals surface area contributed by atoms with Gasteiger partial charge >= 0.3 is 0 Å². The Morgan fingerprint density at radius 3 is 2.88 bits per heavy atom. The number of anilines is 2. The van der Waals surface area contributed by atoms with Gasteiger partial charge in [-0.2, -0.15) is 4.98 Å². The highest BCUT2D eigenvalue weighted by atomic mass is 16.5. The minimum Gasteiger partial charge on any atom is -0.476 e. The number of carbonyl (C=O) groups is 1. The molecule has 0 saturated carbocycles. The van der Waals surface area contributed by atoms with Gasteiger partial charge < -0.3 is 21.5 Å². The molecule has 0 aromatic carbocycles. The average molecular weight is 239 g/mol. The second-order valence-electron chi connectivity index (χ2n) is 3.59. The number of ether oxygens (including phenoxy) is 1. The largest absolute Gasteiger partial charge is 0.476 e. The fraction of sp³-hybridized carbons (Fsp3) is 0.500. The summed E-state index contributed by atoms with van der Waals surface area (Å²) in [7, 11) is 0. The van der Waals surface area contributed by atoms with Crippen molar-refractivity contribution in [2.45, 2.75) is 26.3 Å². The third kappa shape index (κ3) is 3.78. The topological polar surface area (TPSA) is 116 Å². The lowest BCUT2D eigenvalue weighted by Gasteiger charge is -2.15. The minimum absolute atomic E-state index is 0.154. The van der Waals surface area contributed by atoms with Gasteiger partial charge in [-0.3, -0.25) is 4.79 Å². The zero-order valence-corrected chi connectivity index (χ0v) is 9.93. The molecule has 17 heavy (non-hydrogen) atoms. The number of carbonyl (C=O) groups excluding carboxylic acids is 1. The Balaban J connectivity index is 2.77. The summed E-state index contributed by atoms with van der Waals surface area (Å²) in [4.78, 5) is 18.6. The first-order valence-corrected chi connectivity index (χ1v) is 5.32.